The smallest absolute Gasteiger partial charge is 0.0129 e. The van der Waals surface area contributed by atoms with Crippen LogP contribution in [0.3, 0.4) is 0 Å². The highest BCUT2D eigenvalue weighted by Crippen LogP contribution is 2.63. The maximum atomic E-state index is 2.55. The predicted molar refractivity (Wildman–Crippen MR) is 207 cm³/mol. The molecule has 7 unspecified atom stereocenters. The van der Waals surface area contributed by atoms with E-state index in [4.69, 9.17) is 0 Å². The van der Waals surface area contributed by atoms with E-state index in [-0.39, 0.29) is 0 Å². The zero-order valence-corrected chi connectivity index (χ0v) is 28.9. The molecule has 7 aliphatic rings. The molecule has 0 spiro atoms. The van der Waals surface area contributed by atoms with Gasteiger partial charge in [-0.25, -0.2) is 0 Å². The summed E-state index contributed by atoms with van der Waals surface area (Å²) in [6.45, 7) is 0. The first-order chi connectivity index (χ1) is 24.3. The molecule has 1 fully saturated rings. The van der Waals surface area contributed by atoms with Gasteiger partial charge in [-0.15, -0.1) is 0 Å². The minimum atomic E-state index is 0.398. The Bertz CT molecular complexity index is 1870. The molecule has 246 valence electrons. The van der Waals surface area contributed by atoms with Crippen LogP contribution in [0.1, 0.15) is 80.4 Å². The van der Waals surface area contributed by atoms with E-state index in [1.807, 2.05) is 0 Å². The maximum Gasteiger partial charge on any atom is 0.0129 e. The van der Waals surface area contributed by atoms with Gasteiger partial charge < -0.3 is 0 Å². The van der Waals surface area contributed by atoms with Crippen LogP contribution >= 0.6 is 0 Å². The fourth-order valence-electron chi connectivity index (χ4n) is 10.3. The Morgan fingerprint density at radius 3 is 2.33 bits per heavy atom. The van der Waals surface area contributed by atoms with Crippen molar-refractivity contribution in [3.8, 4) is 0 Å². The van der Waals surface area contributed by atoms with Crippen LogP contribution in [-0.2, 0) is 6.42 Å². The highest BCUT2D eigenvalue weighted by Gasteiger charge is 2.56. The van der Waals surface area contributed by atoms with Crippen molar-refractivity contribution in [3.63, 3.8) is 0 Å². The number of benzene rings is 2. The van der Waals surface area contributed by atoms with Crippen molar-refractivity contribution < 1.29 is 0 Å². The van der Waals surface area contributed by atoms with Gasteiger partial charge in [-0.1, -0.05) is 145 Å². The Kier molecular flexibility index (Phi) is 8.58. The average molecular weight is 639 g/mol. The predicted octanol–water partition coefficient (Wildman–Crippen LogP) is 12.6. The van der Waals surface area contributed by atoms with E-state index in [0.29, 0.717) is 29.6 Å². The number of hydrogen-bond donors (Lipinski definition) is 0. The molecule has 0 saturated heterocycles. The van der Waals surface area contributed by atoms with Crippen LogP contribution < -0.4 is 0 Å². The Morgan fingerprint density at radius 1 is 0.653 bits per heavy atom. The molecular formula is C49H50. The molecule has 0 amide bonds. The van der Waals surface area contributed by atoms with Crippen LogP contribution in [-0.4, -0.2) is 0 Å². The van der Waals surface area contributed by atoms with Gasteiger partial charge in [-0.3, -0.25) is 0 Å². The van der Waals surface area contributed by atoms with Crippen molar-refractivity contribution in [2.45, 2.75) is 70.1 Å². The third-order valence-corrected chi connectivity index (χ3v) is 12.8. The first kappa shape index (κ1) is 30.9. The van der Waals surface area contributed by atoms with Crippen molar-refractivity contribution >= 4 is 5.57 Å². The third-order valence-electron chi connectivity index (χ3n) is 12.8. The summed E-state index contributed by atoms with van der Waals surface area (Å²) >= 11 is 0. The van der Waals surface area contributed by atoms with E-state index in [1.54, 1.807) is 27.9 Å². The molecule has 2 aromatic rings. The normalized spacial score (nSPS) is 30.5. The van der Waals surface area contributed by atoms with Crippen molar-refractivity contribution in [3.05, 3.63) is 184 Å². The minimum absolute atomic E-state index is 0.398. The largest absolute Gasteiger partial charge is 0.0842 e. The summed E-state index contributed by atoms with van der Waals surface area (Å²) in [4.78, 5) is 0. The summed E-state index contributed by atoms with van der Waals surface area (Å²) < 4.78 is 0. The second-order valence-corrected chi connectivity index (χ2v) is 15.6. The van der Waals surface area contributed by atoms with Crippen LogP contribution in [0.5, 0.6) is 0 Å². The van der Waals surface area contributed by atoms with Gasteiger partial charge >= 0.3 is 0 Å². The summed E-state index contributed by atoms with van der Waals surface area (Å²) in [5, 5.41) is 0. The van der Waals surface area contributed by atoms with Crippen LogP contribution in [0.25, 0.3) is 5.57 Å². The molecule has 0 radical (unpaired) electrons. The minimum Gasteiger partial charge on any atom is -0.0842 e. The van der Waals surface area contributed by atoms with Gasteiger partial charge in [-0.2, -0.15) is 0 Å². The first-order valence-electron chi connectivity index (χ1n) is 19.3. The van der Waals surface area contributed by atoms with Gasteiger partial charge in [0, 0.05) is 5.92 Å². The molecular weight excluding hydrogens is 589 g/mol. The first-order valence-corrected chi connectivity index (χ1v) is 19.3. The van der Waals surface area contributed by atoms with Crippen molar-refractivity contribution in [1.29, 1.82) is 0 Å². The van der Waals surface area contributed by atoms with Crippen LogP contribution in [0, 0.1) is 35.5 Å². The number of fused-ring (bicyclic) bond motifs is 2. The summed E-state index contributed by atoms with van der Waals surface area (Å²) in [6, 6.07) is 20.9. The van der Waals surface area contributed by atoms with E-state index >= 15 is 0 Å². The summed E-state index contributed by atoms with van der Waals surface area (Å²) in [7, 11) is 0. The average Bonchev–Trinajstić information content (AvgIpc) is 3.93. The van der Waals surface area contributed by atoms with E-state index < -0.39 is 0 Å². The highest BCUT2D eigenvalue weighted by atomic mass is 14.6. The van der Waals surface area contributed by atoms with E-state index in [9.17, 15) is 0 Å². The van der Waals surface area contributed by atoms with Crippen LogP contribution in [0.4, 0.5) is 0 Å². The van der Waals surface area contributed by atoms with Gasteiger partial charge in [0.25, 0.3) is 0 Å². The summed E-state index contributed by atoms with van der Waals surface area (Å²) in [6.07, 6.45) is 46.0. The third kappa shape index (κ3) is 6.14. The van der Waals surface area contributed by atoms with E-state index in [1.165, 1.54) is 73.6 Å². The monoisotopic (exact) mass is 638 g/mol. The lowest BCUT2D eigenvalue weighted by molar-refractivity contribution is 0.521. The number of rotatable bonds is 8. The maximum absolute atomic E-state index is 2.55. The summed E-state index contributed by atoms with van der Waals surface area (Å²) in [5.41, 5.74) is 13.9. The SMILES string of the molecule is C1=CCC2CCC=C(C(Cc3ccc(C4=CC=C(C5C(C6=C7C=CCCC7CC=C6)C5C5C=CC=CC5)CC4)cc3)c3ccccc3)C2=C1. The zero-order chi connectivity index (χ0) is 32.6. The fourth-order valence-corrected chi connectivity index (χ4v) is 10.3. The molecule has 0 aliphatic heterocycles. The second-order valence-electron chi connectivity index (χ2n) is 15.6. The second kappa shape index (κ2) is 13.6. The standard InChI is InChI=1S/C49H50/c1-3-13-39(14-4-1)46(44-23-11-19-37-15-7-9-21-42(37)44)33-34-25-27-35(28-26-34)36-29-31-41(32-30-36)48-47(40-17-5-2-6-18-40)49(48)45-24-12-20-38-16-8-10-22-43(38)45/h1-7,9-10,12-14,17,21-29,31,37-38,40,46-49H,8,11,15-16,18-20,30,32-33H2. The topological polar surface area (TPSA) is 0 Å². The van der Waals surface area contributed by atoms with Crippen molar-refractivity contribution in [2.75, 3.05) is 0 Å². The molecule has 49 heavy (non-hydrogen) atoms. The lowest BCUT2D eigenvalue weighted by atomic mass is 9.72. The molecule has 0 aromatic heterocycles. The molecule has 7 aliphatic carbocycles. The molecule has 2 aromatic carbocycles. The Balaban J connectivity index is 0.953. The van der Waals surface area contributed by atoms with Gasteiger partial charge in [0.05, 0.1) is 0 Å². The highest BCUT2D eigenvalue weighted by molar-refractivity contribution is 5.69. The van der Waals surface area contributed by atoms with Gasteiger partial charge in [0.15, 0.2) is 0 Å². The molecule has 0 heteroatoms. The number of hydrogen-bond acceptors (Lipinski definition) is 0. The van der Waals surface area contributed by atoms with E-state index in [0.717, 1.165) is 24.7 Å². The Morgan fingerprint density at radius 2 is 1.49 bits per heavy atom. The van der Waals surface area contributed by atoms with Crippen LogP contribution in [0.2, 0.25) is 0 Å². The van der Waals surface area contributed by atoms with Gasteiger partial charge in [0.1, 0.15) is 0 Å². The molecule has 0 heterocycles. The molecule has 9 rings (SSSR count). The zero-order valence-electron chi connectivity index (χ0n) is 28.9. The molecule has 7 atom stereocenters. The fraction of sp³-hybridized carbons (Fsp3) is 0.347. The molecule has 0 N–H and O–H groups in total. The van der Waals surface area contributed by atoms with Gasteiger partial charge in [0.2, 0.25) is 0 Å². The quantitative estimate of drug-likeness (QED) is 0.270. The van der Waals surface area contributed by atoms with E-state index in [2.05, 4.69) is 140 Å². The van der Waals surface area contributed by atoms with Gasteiger partial charge in [-0.05, 0) is 144 Å². The molecule has 0 bridgehead atoms. The lowest BCUT2D eigenvalue weighted by Gasteiger charge is -2.32. The molecule has 1 saturated carbocycles. The lowest BCUT2D eigenvalue weighted by Crippen LogP contribution is -2.18. The van der Waals surface area contributed by atoms with Crippen LogP contribution in [0.15, 0.2) is 168 Å². The van der Waals surface area contributed by atoms with Crippen molar-refractivity contribution in [2.24, 2.45) is 35.5 Å². The molecule has 0 nitrogen and oxygen atoms in total. The summed E-state index contributed by atoms with van der Waals surface area (Å²) in [5.74, 6) is 4.57. The Labute approximate surface area is 294 Å². The number of allylic oxidation sites excluding steroid dienone is 20. The van der Waals surface area contributed by atoms with Crippen molar-refractivity contribution in [1.82, 2.24) is 0 Å². The Hall–Kier alpha value is -4.16.